The van der Waals surface area contributed by atoms with Gasteiger partial charge < -0.3 is 20.2 Å². The Labute approximate surface area is 150 Å². The van der Waals surface area contributed by atoms with Crippen LogP contribution in [0, 0.1) is 5.92 Å². The molecule has 1 heterocycles. The molecule has 1 aliphatic heterocycles. The molecule has 134 valence electrons. The van der Waals surface area contributed by atoms with E-state index in [2.05, 4.69) is 4.90 Å². The maximum absolute atomic E-state index is 10.5. The number of nitrogen functional groups attached to an aromatic ring is 1. The Morgan fingerprint density at radius 1 is 1.33 bits per heavy atom. The Balaban J connectivity index is 1.69. The lowest BCUT2D eigenvalue weighted by atomic mass is 9.92. The zero-order valence-corrected chi connectivity index (χ0v) is 15.4. The molecule has 1 aliphatic rings. The van der Waals surface area contributed by atoms with E-state index in [9.17, 15) is 4.79 Å². The number of nitrogens with two attached hydrogens (primary N) is 1. The molecule has 0 atom stereocenters. The van der Waals surface area contributed by atoms with Gasteiger partial charge in [-0.15, -0.1) is 0 Å². The minimum Gasteiger partial charge on any atom is -0.496 e. The minimum absolute atomic E-state index is 0.565. The number of carbonyl (C=O) groups excluding carboxylic acids is 1. The molecule has 0 amide bonds. The fourth-order valence-corrected chi connectivity index (χ4v) is 3.64. The van der Waals surface area contributed by atoms with Gasteiger partial charge in [-0.2, -0.15) is 0 Å². The van der Waals surface area contributed by atoms with Crippen molar-refractivity contribution in [2.75, 3.05) is 32.5 Å². The molecule has 1 aromatic rings. The lowest BCUT2D eigenvalue weighted by Crippen LogP contribution is -2.34. The Morgan fingerprint density at radius 2 is 2.08 bits per heavy atom. The number of halogens is 1. The van der Waals surface area contributed by atoms with Crippen molar-refractivity contribution in [1.29, 1.82) is 0 Å². The second-order valence-corrected chi connectivity index (χ2v) is 7.08. The highest BCUT2D eigenvalue weighted by Gasteiger charge is 2.18. The zero-order valence-electron chi connectivity index (χ0n) is 14.6. The molecule has 1 aromatic carbocycles. The van der Waals surface area contributed by atoms with Gasteiger partial charge >= 0.3 is 0 Å². The summed E-state index contributed by atoms with van der Waals surface area (Å²) in [5.41, 5.74) is 7.51. The van der Waals surface area contributed by atoms with E-state index in [0.717, 1.165) is 55.7 Å². The van der Waals surface area contributed by atoms with Gasteiger partial charge in [-0.3, -0.25) is 0 Å². The molecule has 0 radical (unpaired) electrons. The van der Waals surface area contributed by atoms with Crippen LogP contribution in [0.25, 0.3) is 0 Å². The van der Waals surface area contributed by atoms with Crippen LogP contribution >= 0.6 is 11.6 Å². The van der Waals surface area contributed by atoms with Gasteiger partial charge in [0.2, 0.25) is 0 Å². The molecular weight excluding hydrogens is 324 g/mol. The van der Waals surface area contributed by atoms with Gasteiger partial charge in [0, 0.05) is 12.5 Å². The first kappa shape index (κ1) is 19.1. The van der Waals surface area contributed by atoms with Gasteiger partial charge in [0.1, 0.15) is 12.0 Å². The van der Waals surface area contributed by atoms with E-state index in [1.165, 1.54) is 32.4 Å². The van der Waals surface area contributed by atoms with Crippen LogP contribution in [0.5, 0.6) is 5.75 Å². The first-order valence-corrected chi connectivity index (χ1v) is 9.29. The Hall–Kier alpha value is -1.26. The third-order valence-electron chi connectivity index (χ3n) is 4.97. The van der Waals surface area contributed by atoms with Crippen LogP contribution in [-0.2, 0) is 11.2 Å². The van der Waals surface area contributed by atoms with Crippen LogP contribution in [0.15, 0.2) is 12.1 Å². The van der Waals surface area contributed by atoms with Crippen LogP contribution in [0.1, 0.15) is 44.1 Å². The number of aryl methyl sites for hydroxylation is 1. The molecule has 5 heteroatoms. The summed E-state index contributed by atoms with van der Waals surface area (Å²) in [7, 11) is 1.67. The molecule has 0 aromatic heterocycles. The molecule has 0 unspecified atom stereocenters. The second kappa shape index (κ2) is 9.90. The summed E-state index contributed by atoms with van der Waals surface area (Å²) >= 11 is 6.12. The fraction of sp³-hybridized carbons (Fsp3) is 0.632. The monoisotopic (exact) mass is 352 g/mol. The first-order chi connectivity index (χ1) is 11.6. The summed E-state index contributed by atoms with van der Waals surface area (Å²) in [4.78, 5) is 13.0. The molecule has 1 fully saturated rings. The number of benzene rings is 1. The SMILES string of the molecule is COc1cc(N)c(Cl)cc1CCCCN1CCC(CCC=O)CC1. The van der Waals surface area contributed by atoms with E-state index < -0.39 is 0 Å². The van der Waals surface area contributed by atoms with Crippen LogP contribution in [0.4, 0.5) is 5.69 Å². The molecule has 24 heavy (non-hydrogen) atoms. The standard InChI is InChI=1S/C19H29ClN2O2/c1-24-19-14-18(21)17(20)13-16(19)6-2-3-9-22-10-7-15(8-11-22)5-4-12-23/h12-15H,2-11,21H2,1H3. The van der Waals surface area contributed by atoms with E-state index in [4.69, 9.17) is 22.1 Å². The van der Waals surface area contributed by atoms with Gasteiger partial charge in [-0.25, -0.2) is 0 Å². The van der Waals surface area contributed by atoms with E-state index in [1.807, 2.05) is 12.1 Å². The number of unbranched alkanes of at least 4 members (excludes halogenated alkanes) is 1. The molecule has 4 nitrogen and oxygen atoms in total. The minimum atomic E-state index is 0.565. The van der Waals surface area contributed by atoms with Crippen molar-refractivity contribution in [2.45, 2.75) is 44.9 Å². The lowest BCUT2D eigenvalue weighted by molar-refractivity contribution is -0.108. The highest BCUT2D eigenvalue weighted by atomic mass is 35.5. The van der Waals surface area contributed by atoms with Crippen molar-refractivity contribution in [2.24, 2.45) is 5.92 Å². The van der Waals surface area contributed by atoms with Gasteiger partial charge in [0.25, 0.3) is 0 Å². The third kappa shape index (κ3) is 5.67. The number of carbonyl (C=O) groups is 1. The highest BCUT2D eigenvalue weighted by molar-refractivity contribution is 6.33. The van der Waals surface area contributed by atoms with Gasteiger partial charge in [-0.05, 0) is 75.7 Å². The van der Waals surface area contributed by atoms with Crippen molar-refractivity contribution < 1.29 is 9.53 Å². The third-order valence-corrected chi connectivity index (χ3v) is 5.30. The molecule has 2 N–H and O–H groups in total. The average molecular weight is 353 g/mol. The van der Waals surface area contributed by atoms with Crippen LogP contribution in [0.2, 0.25) is 5.02 Å². The second-order valence-electron chi connectivity index (χ2n) is 6.67. The normalized spacial score (nSPS) is 16.2. The molecule has 0 bridgehead atoms. The van der Waals surface area contributed by atoms with E-state index in [1.54, 1.807) is 7.11 Å². The number of hydrogen-bond acceptors (Lipinski definition) is 4. The number of hydrogen-bond donors (Lipinski definition) is 1. The molecule has 2 rings (SSSR count). The van der Waals surface area contributed by atoms with Crippen molar-refractivity contribution in [3.63, 3.8) is 0 Å². The molecule has 0 aliphatic carbocycles. The Kier molecular flexibility index (Phi) is 7.86. The van der Waals surface area contributed by atoms with Gasteiger partial charge in [0.15, 0.2) is 0 Å². The van der Waals surface area contributed by atoms with E-state index >= 15 is 0 Å². The predicted octanol–water partition coefficient (Wildman–Crippen LogP) is 3.94. The zero-order chi connectivity index (χ0) is 17.4. The number of nitrogens with zero attached hydrogens (tertiary/aromatic N) is 1. The molecule has 0 spiro atoms. The molecule has 0 saturated carbocycles. The number of likely N-dealkylation sites (tertiary alicyclic amines) is 1. The summed E-state index contributed by atoms with van der Waals surface area (Å²) in [6.45, 7) is 3.48. The number of anilines is 1. The number of rotatable bonds is 9. The average Bonchev–Trinajstić information content (AvgIpc) is 2.60. The number of piperidine rings is 1. The lowest BCUT2D eigenvalue weighted by Gasteiger charge is -2.31. The number of aldehydes is 1. The van der Waals surface area contributed by atoms with Crippen molar-refractivity contribution >= 4 is 23.6 Å². The highest BCUT2D eigenvalue weighted by Crippen LogP contribution is 2.30. The number of methoxy groups -OCH3 is 1. The van der Waals surface area contributed by atoms with E-state index in [-0.39, 0.29) is 0 Å². The predicted molar refractivity (Wildman–Crippen MR) is 99.8 cm³/mol. The van der Waals surface area contributed by atoms with Crippen molar-refractivity contribution in [1.82, 2.24) is 4.90 Å². The Bertz CT molecular complexity index is 528. The quantitative estimate of drug-likeness (QED) is 0.415. The first-order valence-electron chi connectivity index (χ1n) is 8.92. The summed E-state index contributed by atoms with van der Waals surface area (Å²) in [6.07, 6.45) is 8.53. The van der Waals surface area contributed by atoms with Crippen molar-refractivity contribution in [3.8, 4) is 5.75 Å². The maximum Gasteiger partial charge on any atom is 0.124 e. The summed E-state index contributed by atoms with van der Waals surface area (Å²) in [5, 5.41) is 0.600. The summed E-state index contributed by atoms with van der Waals surface area (Å²) in [5.74, 6) is 1.57. The molecule has 1 saturated heterocycles. The van der Waals surface area contributed by atoms with Crippen LogP contribution < -0.4 is 10.5 Å². The topological polar surface area (TPSA) is 55.6 Å². The maximum atomic E-state index is 10.5. The summed E-state index contributed by atoms with van der Waals surface area (Å²) < 4.78 is 5.40. The van der Waals surface area contributed by atoms with E-state index in [0.29, 0.717) is 10.7 Å². The van der Waals surface area contributed by atoms with Gasteiger partial charge in [0.05, 0.1) is 17.8 Å². The van der Waals surface area contributed by atoms with Gasteiger partial charge in [-0.1, -0.05) is 11.6 Å². The summed E-state index contributed by atoms with van der Waals surface area (Å²) in [6, 6.07) is 3.73. The molecular formula is C19H29ClN2O2. The van der Waals surface area contributed by atoms with Crippen molar-refractivity contribution in [3.05, 3.63) is 22.7 Å². The number of ether oxygens (including phenoxy) is 1. The Morgan fingerprint density at radius 3 is 2.75 bits per heavy atom. The van der Waals surface area contributed by atoms with Crippen LogP contribution in [0.3, 0.4) is 0 Å². The van der Waals surface area contributed by atoms with Crippen LogP contribution in [-0.4, -0.2) is 37.9 Å². The largest absolute Gasteiger partial charge is 0.496 e. The fourth-order valence-electron chi connectivity index (χ4n) is 3.45. The smallest absolute Gasteiger partial charge is 0.124 e.